The summed E-state index contributed by atoms with van der Waals surface area (Å²) in [6.07, 6.45) is 4.34. The molecular formula is C16H30N2O3. The number of carboxylic acid groups (broad SMARTS) is 1. The molecule has 1 atom stereocenters. The van der Waals surface area contributed by atoms with E-state index in [1.165, 1.54) is 6.42 Å². The van der Waals surface area contributed by atoms with E-state index >= 15 is 0 Å². The standard InChI is InChI=1S/C16H30N2O3/c1-12(2)6-5-7-13(3)17-15(21)18-10-8-16(4,9-11-18)14(19)20/h12-13H,5-11H2,1-4H3,(H,17,21)(H,19,20). The van der Waals surface area contributed by atoms with E-state index in [9.17, 15) is 14.7 Å². The molecule has 1 fully saturated rings. The van der Waals surface area contributed by atoms with E-state index in [4.69, 9.17) is 0 Å². The lowest BCUT2D eigenvalue weighted by molar-refractivity contribution is -0.150. The van der Waals surface area contributed by atoms with Crippen LogP contribution in [0.4, 0.5) is 4.79 Å². The molecule has 2 amide bonds. The maximum atomic E-state index is 12.2. The van der Waals surface area contributed by atoms with Gasteiger partial charge in [0.05, 0.1) is 5.41 Å². The molecule has 0 aliphatic carbocycles. The molecule has 21 heavy (non-hydrogen) atoms. The highest BCUT2D eigenvalue weighted by molar-refractivity contribution is 5.77. The molecule has 0 aromatic heterocycles. The first-order chi connectivity index (χ1) is 9.74. The van der Waals surface area contributed by atoms with Crippen LogP contribution < -0.4 is 5.32 Å². The van der Waals surface area contributed by atoms with Crippen LogP contribution in [-0.4, -0.2) is 41.1 Å². The zero-order valence-electron chi connectivity index (χ0n) is 13.8. The lowest BCUT2D eigenvalue weighted by Crippen LogP contribution is -2.50. The highest BCUT2D eigenvalue weighted by Crippen LogP contribution is 2.31. The fourth-order valence-electron chi connectivity index (χ4n) is 2.62. The molecule has 0 bridgehead atoms. The van der Waals surface area contributed by atoms with Crippen LogP contribution in [0.3, 0.4) is 0 Å². The van der Waals surface area contributed by atoms with Gasteiger partial charge in [-0.2, -0.15) is 0 Å². The number of urea groups is 1. The lowest BCUT2D eigenvalue weighted by atomic mass is 9.80. The van der Waals surface area contributed by atoms with Crippen molar-refractivity contribution in [2.24, 2.45) is 11.3 Å². The quantitative estimate of drug-likeness (QED) is 0.791. The number of carbonyl (C=O) groups excluding carboxylic acids is 1. The zero-order valence-corrected chi connectivity index (χ0v) is 13.8. The van der Waals surface area contributed by atoms with Gasteiger partial charge in [-0.05, 0) is 39.0 Å². The van der Waals surface area contributed by atoms with Gasteiger partial charge in [0.2, 0.25) is 0 Å². The molecule has 1 heterocycles. The summed E-state index contributed by atoms with van der Waals surface area (Å²) in [6, 6.07) is 0.114. The van der Waals surface area contributed by atoms with Crippen LogP contribution in [0.2, 0.25) is 0 Å². The second kappa shape index (κ2) is 7.66. The fraction of sp³-hybridized carbons (Fsp3) is 0.875. The van der Waals surface area contributed by atoms with Crippen molar-refractivity contribution in [3.8, 4) is 0 Å². The molecule has 0 aromatic carbocycles. The number of piperidine rings is 1. The summed E-state index contributed by atoms with van der Waals surface area (Å²) >= 11 is 0. The van der Waals surface area contributed by atoms with E-state index in [1.807, 2.05) is 6.92 Å². The van der Waals surface area contributed by atoms with Gasteiger partial charge in [-0.15, -0.1) is 0 Å². The minimum atomic E-state index is -0.760. The van der Waals surface area contributed by atoms with E-state index < -0.39 is 11.4 Å². The molecule has 0 aromatic rings. The van der Waals surface area contributed by atoms with Gasteiger partial charge in [0, 0.05) is 19.1 Å². The molecular weight excluding hydrogens is 268 g/mol. The van der Waals surface area contributed by atoms with Gasteiger partial charge in [0.25, 0.3) is 0 Å². The third-order valence-electron chi connectivity index (χ3n) is 4.46. The maximum absolute atomic E-state index is 12.2. The number of likely N-dealkylation sites (tertiary alicyclic amines) is 1. The van der Waals surface area contributed by atoms with Crippen LogP contribution in [-0.2, 0) is 4.79 Å². The van der Waals surface area contributed by atoms with Crippen molar-refractivity contribution >= 4 is 12.0 Å². The van der Waals surface area contributed by atoms with E-state index in [1.54, 1.807) is 11.8 Å². The monoisotopic (exact) mass is 298 g/mol. The number of nitrogens with one attached hydrogen (secondary N) is 1. The molecule has 2 N–H and O–H groups in total. The first-order valence-electron chi connectivity index (χ1n) is 8.03. The summed E-state index contributed by atoms with van der Waals surface area (Å²) in [6.45, 7) is 9.25. The molecule has 0 saturated carbocycles. The number of hydrogen-bond donors (Lipinski definition) is 2. The number of nitrogens with zero attached hydrogens (tertiary/aromatic N) is 1. The Bertz CT molecular complexity index is 361. The molecule has 5 heteroatoms. The third kappa shape index (κ3) is 5.56. The third-order valence-corrected chi connectivity index (χ3v) is 4.46. The van der Waals surface area contributed by atoms with E-state index in [2.05, 4.69) is 19.2 Å². The Hall–Kier alpha value is -1.26. The van der Waals surface area contributed by atoms with Crippen molar-refractivity contribution in [2.45, 2.75) is 65.8 Å². The Morgan fingerprint density at radius 2 is 1.76 bits per heavy atom. The van der Waals surface area contributed by atoms with Gasteiger partial charge < -0.3 is 15.3 Å². The highest BCUT2D eigenvalue weighted by Gasteiger charge is 2.38. The number of amides is 2. The van der Waals surface area contributed by atoms with Gasteiger partial charge in [0.1, 0.15) is 0 Å². The minimum Gasteiger partial charge on any atom is -0.481 e. The van der Waals surface area contributed by atoms with Gasteiger partial charge in [-0.25, -0.2) is 4.79 Å². The number of carboxylic acids is 1. The minimum absolute atomic E-state index is 0.0560. The summed E-state index contributed by atoms with van der Waals surface area (Å²) < 4.78 is 0. The molecule has 1 aliphatic heterocycles. The van der Waals surface area contributed by atoms with Crippen LogP contribution in [0.25, 0.3) is 0 Å². The highest BCUT2D eigenvalue weighted by atomic mass is 16.4. The van der Waals surface area contributed by atoms with Crippen LogP contribution in [0.1, 0.15) is 59.8 Å². The van der Waals surface area contributed by atoms with E-state index in [0.717, 1.165) is 12.8 Å². The first kappa shape index (κ1) is 17.8. The summed E-state index contributed by atoms with van der Waals surface area (Å²) in [7, 11) is 0. The Kier molecular flexibility index (Phi) is 6.49. The number of carbonyl (C=O) groups is 2. The van der Waals surface area contributed by atoms with Crippen molar-refractivity contribution < 1.29 is 14.7 Å². The summed E-state index contributed by atoms with van der Waals surface area (Å²) in [4.78, 5) is 25.1. The van der Waals surface area contributed by atoms with Crippen LogP contribution >= 0.6 is 0 Å². The summed E-state index contributed by atoms with van der Waals surface area (Å²) in [5, 5.41) is 12.2. The topological polar surface area (TPSA) is 69.6 Å². The Labute approximate surface area is 128 Å². The average Bonchev–Trinajstić information content (AvgIpc) is 2.38. The van der Waals surface area contributed by atoms with Crippen molar-refractivity contribution in [1.82, 2.24) is 10.2 Å². The van der Waals surface area contributed by atoms with E-state index in [0.29, 0.717) is 31.8 Å². The Balaban J connectivity index is 2.32. The predicted molar refractivity (Wildman–Crippen MR) is 83.2 cm³/mol. The van der Waals surface area contributed by atoms with Crippen molar-refractivity contribution in [3.05, 3.63) is 0 Å². The molecule has 1 unspecified atom stereocenters. The summed E-state index contributed by atoms with van der Waals surface area (Å²) in [5.74, 6) is -0.0618. The van der Waals surface area contributed by atoms with E-state index in [-0.39, 0.29) is 12.1 Å². The second-order valence-electron chi connectivity index (χ2n) is 7.03. The molecule has 1 saturated heterocycles. The van der Waals surface area contributed by atoms with Gasteiger partial charge >= 0.3 is 12.0 Å². The van der Waals surface area contributed by atoms with Gasteiger partial charge in [-0.3, -0.25) is 4.79 Å². The van der Waals surface area contributed by atoms with Crippen LogP contribution in [0.5, 0.6) is 0 Å². The second-order valence-corrected chi connectivity index (χ2v) is 7.03. The smallest absolute Gasteiger partial charge is 0.317 e. The van der Waals surface area contributed by atoms with Crippen molar-refractivity contribution in [2.75, 3.05) is 13.1 Å². The SMILES string of the molecule is CC(C)CCCC(C)NC(=O)N1CCC(C)(C(=O)O)CC1. The Morgan fingerprint density at radius 1 is 1.19 bits per heavy atom. The van der Waals surface area contributed by atoms with Crippen molar-refractivity contribution in [3.63, 3.8) is 0 Å². The predicted octanol–water partition coefficient (Wildman–Crippen LogP) is 3.10. The molecule has 0 radical (unpaired) electrons. The number of rotatable bonds is 6. The van der Waals surface area contributed by atoms with Gasteiger partial charge in [-0.1, -0.05) is 26.7 Å². The first-order valence-corrected chi connectivity index (χ1v) is 8.03. The van der Waals surface area contributed by atoms with Crippen LogP contribution in [0, 0.1) is 11.3 Å². The zero-order chi connectivity index (χ0) is 16.0. The average molecular weight is 298 g/mol. The lowest BCUT2D eigenvalue weighted by Gasteiger charge is -2.36. The largest absolute Gasteiger partial charge is 0.481 e. The van der Waals surface area contributed by atoms with Crippen LogP contribution in [0.15, 0.2) is 0 Å². The number of aliphatic carboxylic acids is 1. The summed E-state index contributed by atoms with van der Waals surface area (Å²) in [5.41, 5.74) is -0.681. The van der Waals surface area contributed by atoms with Crippen molar-refractivity contribution in [1.29, 1.82) is 0 Å². The molecule has 1 rings (SSSR count). The number of hydrogen-bond acceptors (Lipinski definition) is 2. The molecule has 1 aliphatic rings. The Morgan fingerprint density at radius 3 is 2.24 bits per heavy atom. The maximum Gasteiger partial charge on any atom is 0.317 e. The normalized spacial score (nSPS) is 19.4. The molecule has 0 spiro atoms. The van der Waals surface area contributed by atoms with Gasteiger partial charge in [0.15, 0.2) is 0 Å². The fourth-order valence-corrected chi connectivity index (χ4v) is 2.62. The molecule has 5 nitrogen and oxygen atoms in total. The molecule has 122 valence electrons.